The van der Waals surface area contributed by atoms with Crippen LogP contribution in [0.25, 0.3) is 0 Å². The van der Waals surface area contributed by atoms with Gasteiger partial charge in [-0.3, -0.25) is 19.2 Å². The molecule has 2 aliphatic heterocycles. The second kappa shape index (κ2) is 19.0. The van der Waals surface area contributed by atoms with Crippen molar-refractivity contribution in [2.45, 2.75) is 97.0 Å². The number of hydrogen-bond donors (Lipinski definition) is 7. The van der Waals surface area contributed by atoms with E-state index >= 15 is 0 Å². The Morgan fingerprint density at radius 1 is 0.979 bits per heavy atom. The molecule has 4 amide bonds. The smallest absolute Gasteiger partial charge is 0.243 e. The van der Waals surface area contributed by atoms with E-state index < -0.39 is 36.2 Å². The number of aliphatic hydroxyl groups excluding tert-OH is 1. The lowest BCUT2D eigenvalue weighted by molar-refractivity contribution is -0.131. The molecule has 2 heterocycles. The van der Waals surface area contributed by atoms with E-state index in [2.05, 4.69) is 26.6 Å². The molecule has 12 heteroatoms. The van der Waals surface area contributed by atoms with E-state index in [9.17, 15) is 29.4 Å². The Labute approximate surface area is 283 Å². The van der Waals surface area contributed by atoms with Crippen LogP contribution < -0.4 is 31.3 Å². The summed E-state index contributed by atoms with van der Waals surface area (Å²) in [6.07, 6.45) is 0.831. The second-order valence-electron chi connectivity index (χ2n) is 12.9. The average molecular weight is 668 g/mol. The number of nitrogens with one attached hydrogen (secondary N) is 5. The fourth-order valence-electron chi connectivity index (χ4n) is 5.41. The van der Waals surface area contributed by atoms with E-state index in [0.29, 0.717) is 31.7 Å². The van der Waals surface area contributed by atoms with E-state index in [0.717, 1.165) is 11.1 Å². The lowest BCUT2D eigenvalue weighted by Gasteiger charge is -2.30. The van der Waals surface area contributed by atoms with Gasteiger partial charge in [0, 0.05) is 19.5 Å². The molecular formula is C36H53N5O7. The molecule has 0 saturated carbocycles. The molecule has 7 N–H and O–H groups in total. The van der Waals surface area contributed by atoms with E-state index in [1.807, 2.05) is 52.0 Å². The van der Waals surface area contributed by atoms with Gasteiger partial charge in [-0.05, 0) is 66.5 Å². The van der Waals surface area contributed by atoms with Crippen LogP contribution in [0.5, 0.6) is 11.5 Å². The molecule has 0 aromatic heterocycles. The molecule has 2 bridgehead atoms. The molecule has 0 radical (unpaired) electrons. The topological polar surface area (TPSA) is 178 Å². The normalized spacial score (nSPS) is 19.8. The molecule has 6 atom stereocenters. The number of rotatable bonds is 13. The average Bonchev–Trinajstić information content (AvgIpc) is 3.08. The van der Waals surface area contributed by atoms with Gasteiger partial charge in [0.2, 0.25) is 23.6 Å². The van der Waals surface area contributed by atoms with Gasteiger partial charge >= 0.3 is 0 Å². The Hall–Kier alpha value is -4.16. The van der Waals surface area contributed by atoms with Crippen LogP contribution in [0.2, 0.25) is 0 Å². The molecule has 2 aromatic carbocycles. The van der Waals surface area contributed by atoms with Crippen LogP contribution >= 0.6 is 0 Å². The molecule has 6 unspecified atom stereocenters. The summed E-state index contributed by atoms with van der Waals surface area (Å²) in [5.41, 5.74) is 1.61. The van der Waals surface area contributed by atoms with Crippen molar-refractivity contribution < 1.29 is 34.1 Å². The summed E-state index contributed by atoms with van der Waals surface area (Å²) in [6, 6.07) is 10.7. The van der Waals surface area contributed by atoms with E-state index in [1.165, 1.54) is 12.1 Å². The molecule has 12 nitrogen and oxygen atoms in total. The zero-order valence-corrected chi connectivity index (χ0v) is 28.8. The third kappa shape index (κ3) is 11.8. The Morgan fingerprint density at radius 2 is 1.67 bits per heavy atom. The number of hydrogen-bond acceptors (Lipinski definition) is 8. The molecule has 0 spiro atoms. The maximum atomic E-state index is 13.8. The van der Waals surface area contributed by atoms with Gasteiger partial charge < -0.3 is 41.5 Å². The highest BCUT2D eigenvalue weighted by Gasteiger charge is 2.32. The number of benzene rings is 2. The summed E-state index contributed by atoms with van der Waals surface area (Å²) in [6.45, 7) is 10.00. The van der Waals surface area contributed by atoms with Gasteiger partial charge in [-0.1, -0.05) is 65.3 Å². The summed E-state index contributed by atoms with van der Waals surface area (Å²) in [5.74, 6) is -0.927. The number of phenolic OH excluding ortho intramolecular Hbond substituents is 1. The predicted octanol–water partition coefficient (Wildman–Crippen LogP) is 1.96. The Bertz CT molecular complexity index is 1340. The minimum atomic E-state index is -1.16. The van der Waals surface area contributed by atoms with Crippen molar-refractivity contribution in [1.82, 2.24) is 26.6 Å². The van der Waals surface area contributed by atoms with Crippen LogP contribution in [-0.4, -0.2) is 83.8 Å². The molecule has 0 aliphatic carbocycles. The maximum absolute atomic E-state index is 13.8. The number of aromatic hydroxyl groups is 1. The number of carbonyl (C=O) groups excluding carboxylic acids is 4. The lowest BCUT2D eigenvalue weighted by atomic mass is 9.96. The van der Waals surface area contributed by atoms with E-state index in [1.54, 1.807) is 19.1 Å². The molecule has 48 heavy (non-hydrogen) atoms. The monoisotopic (exact) mass is 667 g/mol. The van der Waals surface area contributed by atoms with Crippen LogP contribution in [0.15, 0.2) is 48.5 Å². The highest BCUT2D eigenvalue weighted by Crippen LogP contribution is 2.17. The fraction of sp³-hybridized carbons (Fsp3) is 0.556. The second-order valence-corrected chi connectivity index (χ2v) is 12.9. The summed E-state index contributed by atoms with van der Waals surface area (Å²) in [4.78, 5) is 52.6. The largest absolute Gasteiger partial charge is 0.508 e. The molecule has 264 valence electrons. The van der Waals surface area contributed by atoms with Crippen molar-refractivity contribution in [2.75, 3.05) is 19.7 Å². The number of fused-ring (bicyclic) bond motifs is 12. The number of carbonyl (C=O) groups is 4. The summed E-state index contributed by atoms with van der Waals surface area (Å²) in [7, 11) is 0. The van der Waals surface area contributed by atoms with Gasteiger partial charge in [0.05, 0.1) is 24.8 Å². The van der Waals surface area contributed by atoms with E-state index in [-0.39, 0.29) is 61.1 Å². The third-order valence-corrected chi connectivity index (χ3v) is 8.71. The van der Waals surface area contributed by atoms with Gasteiger partial charge in [0.25, 0.3) is 0 Å². The quantitative estimate of drug-likeness (QED) is 0.170. The number of amides is 4. The Morgan fingerprint density at radius 3 is 2.29 bits per heavy atom. The maximum Gasteiger partial charge on any atom is 0.243 e. The van der Waals surface area contributed by atoms with Crippen molar-refractivity contribution in [3.63, 3.8) is 0 Å². The molecule has 2 aliphatic rings. The summed E-state index contributed by atoms with van der Waals surface area (Å²) >= 11 is 0. The van der Waals surface area contributed by atoms with Gasteiger partial charge in [-0.25, -0.2) is 0 Å². The Balaban J connectivity index is 1.86. The molecular weight excluding hydrogens is 614 g/mol. The highest BCUT2D eigenvalue weighted by molar-refractivity contribution is 5.90. The van der Waals surface area contributed by atoms with Crippen molar-refractivity contribution in [3.05, 3.63) is 59.7 Å². The minimum Gasteiger partial charge on any atom is -0.508 e. The molecule has 2 aromatic rings. The van der Waals surface area contributed by atoms with Crippen molar-refractivity contribution in [1.29, 1.82) is 0 Å². The first-order valence-electron chi connectivity index (χ1n) is 17.0. The summed E-state index contributed by atoms with van der Waals surface area (Å²) < 4.78 is 5.81. The molecule has 4 rings (SSSR count). The predicted molar refractivity (Wildman–Crippen MR) is 183 cm³/mol. The fourth-order valence-corrected chi connectivity index (χ4v) is 5.41. The molecule has 0 fully saturated rings. The van der Waals surface area contributed by atoms with Gasteiger partial charge in [0.15, 0.2) is 0 Å². The van der Waals surface area contributed by atoms with Crippen molar-refractivity contribution in [3.8, 4) is 11.5 Å². The van der Waals surface area contributed by atoms with Gasteiger partial charge in [-0.2, -0.15) is 0 Å². The first-order valence-corrected chi connectivity index (χ1v) is 17.0. The zero-order chi connectivity index (χ0) is 35.2. The number of phenols is 1. The highest BCUT2D eigenvalue weighted by atomic mass is 16.5. The lowest BCUT2D eigenvalue weighted by Crippen LogP contribution is -2.58. The zero-order valence-electron chi connectivity index (χ0n) is 28.8. The van der Waals surface area contributed by atoms with Gasteiger partial charge in [-0.15, -0.1) is 0 Å². The standard InChI is InChI=1S/C36H53N5O7/c1-6-23(5)33-35(46)37-17-8-18-48-27-15-11-25(12-16-27)20-29(34(45)41-33)38-21-30(43)28(19-24-9-13-26(42)14-10-24)39-36(47)32(22(3)4)40-31(44)7-2/h9-16,22-23,28-30,32-33,38,42-43H,6-8,17-21H2,1-5H3,(H,37,46)(H,39,47)(H,40,44)(H,41,45). The first kappa shape index (κ1) is 38.3. The summed E-state index contributed by atoms with van der Waals surface area (Å²) in [5, 5.41) is 36.1. The van der Waals surface area contributed by atoms with Crippen LogP contribution in [0, 0.1) is 11.8 Å². The first-order chi connectivity index (χ1) is 22.9. The number of ether oxygens (including phenoxy) is 1. The van der Waals surface area contributed by atoms with Crippen LogP contribution in [0.3, 0.4) is 0 Å². The van der Waals surface area contributed by atoms with Gasteiger partial charge in [0.1, 0.15) is 23.6 Å². The Kier molecular flexibility index (Phi) is 15.1. The third-order valence-electron chi connectivity index (χ3n) is 8.71. The van der Waals surface area contributed by atoms with E-state index in [4.69, 9.17) is 4.74 Å². The van der Waals surface area contributed by atoms with Crippen LogP contribution in [-0.2, 0) is 32.0 Å². The van der Waals surface area contributed by atoms with Crippen LogP contribution in [0.1, 0.15) is 65.0 Å². The van der Waals surface area contributed by atoms with Crippen LogP contribution in [0.4, 0.5) is 0 Å². The minimum absolute atomic E-state index is 0.0732. The molecule has 0 saturated heterocycles. The SMILES string of the molecule is CCC(=O)NC(C(=O)NC(Cc1ccc(O)cc1)C(O)CNC1Cc2ccc(cc2)OCCCNC(=O)C(C(C)CC)NC1=O)C(C)C. The number of aliphatic hydroxyl groups is 1. The van der Waals surface area contributed by atoms with Crippen molar-refractivity contribution in [2.24, 2.45) is 11.8 Å². The van der Waals surface area contributed by atoms with Crippen molar-refractivity contribution >= 4 is 23.6 Å².